The highest BCUT2D eigenvalue weighted by molar-refractivity contribution is 7.89. The average Bonchev–Trinajstić information content (AvgIpc) is 2.85. The van der Waals surface area contributed by atoms with E-state index in [2.05, 4.69) is 14.5 Å². The van der Waals surface area contributed by atoms with Crippen LogP contribution < -0.4 is 4.72 Å². The average molecular weight is 510 g/mol. The van der Waals surface area contributed by atoms with Gasteiger partial charge in [-0.25, -0.2) is 21.9 Å². The maximum atomic E-state index is 13.5. The summed E-state index contributed by atoms with van der Waals surface area (Å²) in [6.45, 7) is 4.52. The van der Waals surface area contributed by atoms with Crippen molar-refractivity contribution in [3.63, 3.8) is 0 Å². The normalized spacial score (nSPS) is 15.7. The van der Waals surface area contributed by atoms with Gasteiger partial charge in [-0.3, -0.25) is 4.90 Å². The number of rotatable bonds is 14. The molecule has 35 heavy (non-hydrogen) atoms. The summed E-state index contributed by atoms with van der Waals surface area (Å²) in [6.07, 6.45) is 4.66. The zero-order valence-corrected chi connectivity index (χ0v) is 21.0. The molecule has 1 fully saturated rings. The second-order valence-corrected chi connectivity index (χ2v) is 11.0. The van der Waals surface area contributed by atoms with Gasteiger partial charge in [0, 0.05) is 32.7 Å². The van der Waals surface area contributed by atoms with E-state index in [1.165, 1.54) is 24.3 Å². The van der Waals surface area contributed by atoms with Gasteiger partial charge in [0.25, 0.3) is 0 Å². The third-order valence-corrected chi connectivity index (χ3v) is 7.93. The van der Waals surface area contributed by atoms with Crippen LogP contribution in [0, 0.1) is 11.6 Å². The predicted octanol–water partition coefficient (Wildman–Crippen LogP) is 3.53. The summed E-state index contributed by atoms with van der Waals surface area (Å²) in [5.74, 6) is -0.425. The molecule has 2 N–H and O–H groups in total. The highest BCUT2D eigenvalue weighted by Gasteiger charge is 2.26. The molecule has 9 heteroatoms. The van der Waals surface area contributed by atoms with Crippen molar-refractivity contribution in [3.05, 3.63) is 71.3 Å². The van der Waals surface area contributed by atoms with E-state index in [1.807, 2.05) is 24.3 Å². The van der Waals surface area contributed by atoms with Gasteiger partial charge in [-0.15, -0.1) is 0 Å². The molecule has 0 amide bonds. The number of unbranched alkanes of at least 4 members (excludes halogenated alkanes) is 4. The Bertz CT molecular complexity index is 934. The molecule has 0 aliphatic carbocycles. The van der Waals surface area contributed by atoms with Crippen LogP contribution in [0.15, 0.2) is 48.5 Å². The second-order valence-electron chi connectivity index (χ2n) is 9.09. The van der Waals surface area contributed by atoms with Crippen LogP contribution in [-0.4, -0.2) is 75.0 Å². The number of nitrogens with one attached hydrogen (secondary N) is 1. The first-order valence-corrected chi connectivity index (χ1v) is 14.1. The molecule has 0 radical (unpaired) electrons. The van der Waals surface area contributed by atoms with Crippen molar-refractivity contribution in [1.82, 2.24) is 14.5 Å². The van der Waals surface area contributed by atoms with Gasteiger partial charge < -0.3 is 10.0 Å². The quantitative estimate of drug-likeness (QED) is 0.381. The number of aliphatic hydroxyl groups is 1. The van der Waals surface area contributed by atoms with Crippen LogP contribution in [0.25, 0.3) is 0 Å². The fourth-order valence-electron chi connectivity index (χ4n) is 4.58. The Morgan fingerprint density at radius 3 is 1.86 bits per heavy atom. The molecule has 3 rings (SSSR count). The molecule has 0 unspecified atom stereocenters. The lowest BCUT2D eigenvalue weighted by Gasteiger charge is -2.40. The van der Waals surface area contributed by atoms with E-state index in [4.69, 9.17) is 5.11 Å². The molecule has 0 spiro atoms. The van der Waals surface area contributed by atoms with Crippen molar-refractivity contribution in [3.8, 4) is 0 Å². The van der Waals surface area contributed by atoms with Gasteiger partial charge in [0.15, 0.2) is 0 Å². The van der Waals surface area contributed by atoms with Gasteiger partial charge in [-0.1, -0.05) is 43.5 Å². The maximum absolute atomic E-state index is 13.5. The molecule has 1 heterocycles. The Morgan fingerprint density at radius 1 is 0.800 bits per heavy atom. The van der Waals surface area contributed by atoms with Crippen molar-refractivity contribution in [1.29, 1.82) is 0 Å². The summed E-state index contributed by atoms with van der Waals surface area (Å²) < 4.78 is 52.8. The summed E-state index contributed by atoms with van der Waals surface area (Å²) in [7, 11) is -3.27. The third-order valence-electron chi connectivity index (χ3n) is 6.46. The molecule has 0 saturated carbocycles. The Hall–Kier alpha value is -1.91. The van der Waals surface area contributed by atoms with Crippen molar-refractivity contribution in [2.24, 2.45) is 0 Å². The molecule has 0 atom stereocenters. The van der Waals surface area contributed by atoms with Crippen LogP contribution in [-0.2, 0) is 10.0 Å². The number of sulfonamides is 1. The molecule has 1 aliphatic heterocycles. The summed E-state index contributed by atoms with van der Waals surface area (Å²) in [5.41, 5.74) is 2.00. The van der Waals surface area contributed by atoms with Crippen LogP contribution in [0.4, 0.5) is 8.78 Å². The molecular weight excluding hydrogens is 472 g/mol. The molecule has 194 valence electrons. The molecule has 2 aromatic carbocycles. The molecule has 0 aromatic heterocycles. The predicted molar refractivity (Wildman–Crippen MR) is 135 cm³/mol. The summed E-state index contributed by atoms with van der Waals surface area (Å²) >= 11 is 0. The number of hydrogen-bond acceptors (Lipinski definition) is 5. The van der Waals surface area contributed by atoms with Crippen LogP contribution in [0.5, 0.6) is 0 Å². The Kier molecular flexibility index (Phi) is 11.1. The lowest BCUT2D eigenvalue weighted by Crippen LogP contribution is -2.48. The van der Waals surface area contributed by atoms with E-state index < -0.39 is 10.0 Å². The first kappa shape index (κ1) is 27.7. The highest BCUT2D eigenvalue weighted by Crippen LogP contribution is 2.30. The number of piperazine rings is 1. The molecule has 1 saturated heterocycles. The van der Waals surface area contributed by atoms with Crippen molar-refractivity contribution in [2.45, 2.75) is 38.1 Å². The largest absolute Gasteiger partial charge is 0.395 e. The van der Waals surface area contributed by atoms with E-state index >= 15 is 0 Å². The fourth-order valence-corrected chi connectivity index (χ4v) is 5.71. The van der Waals surface area contributed by atoms with Gasteiger partial charge in [0.05, 0.1) is 18.4 Å². The summed E-state index contributed by atoms with van der Waals surface area (Å²) in [4.78, 5) is 4.83. The van der Waals surface area contributed by atoms with Crippen molar-refractivity contribution >= 4 is 10.0 Å². The van der Waals surface area contributed by atoms with Crippen molar-refractivity contribution in [2.75, 3.05) is 51.6 Å². The first-order valence-electron chi connectivity index (χ1n) is 12.4. The van der Waals surface area contributed by atoms with Crippen molar-refractivity contribution < 1.29 is 22.3 Å². The van der Waals surface area contributed by atoms with Gasteiger partial charge in [-0.05, 0) is 54.8 Å². The van der Waals surface area contributed by atoms with E-state index in [9.17, 15) is 17.2 Å². The van der Waals surface area contributed by atoms with Gasteiger partial charge in [-0.2, -0.15) is 0 Å². The number of nitrogens with zero attached hydrogens (tertiary/aromatic N) is 2. The Balaban J connectivity index is 1.41. The minimum atomic E-state index is -3.27. The van der Waals surface area contributed by atoms with Crippen LogP contribution >= 0.6 is 0 Å². The number of benzene rings is 2. The maximum Gasteiger partial charge on any atom is 0.211 e. The van der Waals surface area contributed by atoms with E-state index in [-0.39, 0.29) is 36.6 Å². The fraction of sp³-hybridized carbons (Fsp3) is 0.538. The Labute approximate surface area is 208 Å². The SMILES string of the molecule is O=S(=O)(CCCCCCCN1CCN(C(c2ccc(F)cc2)c2ccc(F)cc2)CC1)NCCO. The lowest BCUT2D eigenvalue weighted by atomic mass is 9.96. The topological polar surface area (TPSA) is 72.9 Å². The minimum absolute atomic E-state index is 0.0403. The zero-order valence-electron chi connectivity index (χ0n) is 20.2. The Morgan fingerprint density at radius 2 is 1.31 bits per heavy atom. The highest BCUT2D eigenvalue weighted by atomic mass is 32.2. The van der Waals surface area contributed by atoms with Crippen LogP contribution in [0.3, 0.4) is 0 Å². The minimum Gasteiger partial charge on any atom is -0.395 e. The third kappa shape index (κ3) is 9.24. The number of hydrogen-bond donors (Lipinski definition) is 2. The zero-order chi connectivity index (χ0) is 25.1. The number of halogens is 2. The van der Waals surface area contributed by atoms with Gasteiger partial charge >= 0.3 is 0 Å². The monoisotopic (exact) mass is 509 g/mol. The standard InChI is InChI=1S/C26H37F2N3O3S/c27-24-10-6-22(7-11-24)26(23-8-12-25(28)13-9-23)31-18-16-30(17-19-31)15-4-2-1-3-5-21-35(33,34)29-14-20-32/h6-13,26,29,32H,1-5,14-21H2. The smallest absolute Gasteiger partial charge is 0.211 e. The number of aliphatic hydroxyl groups excluding tert-OH is 1. The second kappa shape index (κ2) is 14.0. The molecule has 6 nitrogen and oxygen atoms in total. The van der Waals surface area contributed by atoms with Crippen LogP contribution in [0.2, 0.25) is 0 Å². The molecule has 2 aromatic rings. The van der Waals surface area contributed by atoms with E-state index in [0.717, 1.165) is 69.5 Å². The molecular formula is C26H37F2N3O3S. The van der Waals surface area contributed by atoms with Gasteiger partial charge in [0.1, 0.15) is 11.6 Å². The first-order chi connectivity index (χ1) is 16.9. The lowest BCUT2D eigenvalue weighted by molar-refractivity contribution is 0.108. The summed E-state index contributed by atoms with van der Waals surface area (Å²) in [5, 5.41) is 8.71. The van der Waals surface area contributed by atoms with E-state index in [1.54, 1.807) is 0 Å². The van der Waals surface area contributed by atoms with E-state index in [0.29, 0.717) is 6.42 Å². The molecule has 0 bridgehead atoms. The molecule has 1 aliphatic rings. The van der Waals surface area contributed by atoms with Crippen LogP contribution in [0.1, 0.15) is 49.3 Å². The van der Waals surface area contributed by atoms with Gasteiger partial charge in [0.2, 0.25) is 10.0 Å². The summed E-state index contributed by atoms with van der Waals surface area (Å²) in [6, 6.07) is 13.1.